The normalized spacial score (nSPS) is 41.9. The number of aliphatic carboxylic acids is 1. The van der Waals surface area contributed by atoms with Crippen LogP contribution in [0.25, 0.3) is 0 Å². The number of carboxylic acid groups (broad SMARTS) is 1. The van der Waals surface area contributed by atoms with Crippen LogP contribution in [0, 0.1) is 34.0 Å². The molecule has 1 N–H and O–H groups in total. The number of halogens is 1. The number of fused-ring (bicyclic) bond motifs is 1. The van der Waals surface area contributed by atoms with Gasteiger partial charge in [0, 0.05) is 17.8 Å². The highest BCUT2D eigenvalue weighted by atomic mass is 127. The first-order valence-electron chi connectivity index (χ1n) is 9.59. The van der Waals surface area contributed by atoms with Crippen LogP contribution in [-0.2, 0) is 9.59 Å². The first kappa shape index (κ1) is 20.3. The highest BCUT2D eigenvalue weighted by molar-refractivity contribution is 14.1. The Kier molecular flexibility index (Phi) is 4.71. The molecule has 4 aliphatic rings. The van der Waals surface area contributed by atoms with Gasteiger partial charge in [0.15, 0.2) is 0 Å². The molecule has 5 heteroatoms. The summed E-state index contributed by atoms with van der Waals surface area (Å²) in [5, 5.41) is 10.4. The SMILES string of the molecule is CC1(/C=C/[Si](C)(C)C)CC[C@H]2C(C)(C)[C@@H]3C=C(I)[C@]2(CC3=O)[C@H]1C(=O)O. The maximum atomic E-state index is 12.9. The van der Waals surface area contributed by atoms with Crippen LogP contribution in [0.3, 0.4) is 0 Å². The van der Waals surface area contributed by atoms with Gasteiger partial charge in [-0.3, -0.25) is 9.59 Å². The first-order valence-corrected chi connectivity index (χ1v) is 14.2. The number of allylic oxidation sites excluding steroid dienone is 3. The van der Waals surface area contributed by atoms with Crippen LogP contribution in [0.5, 0.6) is 0 Å². The van der Waals surface area contributed by atoms with Crippen molar-refractivity contribution in [1.29, 1.82) is 0 Å². The summed E-state index contributed by atoms with van der Waals surface area (Å²) < 4.78 is 1.11. The molecular weight excluding hydrogens is 455 g/mol. The number of carbonyl (C=O) groups is 2. The van der Waals surface area contributed by atoms with E-state index in [9.17, 15) is 14.7 Å². The molecule has 0 aromatic carbocycles. The summed E-state index contributed by atoms with van der Waals surface area (Å²) in [6.45, 7) is 13.3. The van der Waals surface area contributed by atoms with Crippen molar-refractivity contribution in [2.45, 2.75) is 59.7 Å². The number of rotatable bonds is 3. The first-order chi connectivity index (χ1) is 11.8. The summed E-state index contributed by atoms with van der Waals surface area (Å²) in [5.41, 5.74) is 1.17. The third-order valence-electron chi connectivity index (χ3n) is 7.25. The van der Waals surface area contributed by atoms with Crippen LogP contribution in [-0.4, -0.2) is 24.9 Å². The molecule has 2 saturated carbocycles. The van der Waals surface area contributed by atoms with Gasteiger partial charge in [0.1, 0.15) is 5.78 Å². The molecule has 4 aliphatic carbocycles. The molecular formula is C21H31IO3Si. The van der Waals surface area contributed by atoms with Gasteiger partial charge in [-0.1, -0.05) is 58.3 Å². The van der Waals surface area contributed by atoms with Crippen LogP contribution in [0.2, 0.25) is 19.6 Å². The van der Waals surface area contributed by atoms with Crippen molar-refractivity contribution in [2.24, 2.45) is 34.0 Å². The van der Waals surface area contributed by atoms with E-state index < -0.39 is 30.8 Å². The minimum atomic E-state index is -1.44. The van der Waals surface area contributed by atoms with Crippen molar-refractivity contribution < 1.29 is 14.7 Å². The Labute approximate surface area is 171 Å². The zero-order valence-electron chi connectivity index (χ0n) is 16.7. The van der Waals surface area contributed by atoms with E-state index in [0.29, 0.717) is 6.42 Å². The van der Waals surface area contributed by atoms with Gasteiger partial charge in [-0.2, -0.15) is 0 Å². The van der Waals surface area contributed by atoms with E-state index in [-0.39, 0.29) is 23.0 Å². The number of Topliss-reactive ketones (excluding diaryl/α,β-unsaturated/α-hetero) is 1. The van der Waals surface area contributed by atoms with Crippen LogP contribution in [0.1, 0.15) is 40.0 Å². The zero-order chi connectivity index (χ0) is 19.7. The Morgan fingerprint density at radius 3 is 2.46 bits per heavy atom. The number of carboxylic acids is 1. The van der Waals surface area contributed by atoms with Gasteiger partial charge in [-0.15, -0.1) is 0 Å². The summed E-state index contributed by atoms with van der Waals surface area (Å²) in [5.74, 6) is -0.865. The van der Waals surface area contributed by atoms with Crippen molar-refractivity contribution in [3.63, 3.8) is 0 Å². The molecule has 3 nitrogen and oxygen atoms in total. The van der Waals surface area contributed by atoms with Crippen molar-refractivity contribution in [2.75, 3.05) is 0 Å². The van der Waals surface area contributed by atoms with Crippen LogP contribution >= 0.6 is 22.6 Å². The van der Waals surface area contributed by atoms with Gasteiger partial charge in [0.05, 0.1) is 14.0 Å². The van der Waals surface area contributed by atoms with Crippen LogP contribution in [0.15, 0.2) is 21.4 Å². The number of hydrogen-bond donors (Lipinski definition) is 1. The summed E-state index contributed by atoms with van der Waals surface area (Å²) in [4.78, 5) is 25.5. The molecule has 5 atom stereocenters. The smallest absolute Gasteiger partial charge is 0.308 e. The fourth-order valence-corrected chi connectivity index (χ4v) is 8.18. The maximum Gasteiger partial charge on any atom is 0.308 e. The van der Waals surface area contributed by atoms with Crippen molar-refractivity contribution in [3.05, 3.63) is 21.4 Å². The van der Waals surface area contributed by atoms with E-state index in [4.69, 9.17) is 0 Å². The third kappa shape index (κ3) is 2.79. The second-order valence-electron chi connectivity index (χ2n) is 10.6. The second kappa shape index (κ2) is 6.03. The number of carbonyl (C=O) groups excluding carboxylic acids is 1. The summed E-state index contributed by atoms with van der Waals surface area (Å²) in [6.07, 6.45) is 6.56. The predicted molar refractivity (Wildman–Crippen MR) is 116 cm³/mol. The molecule has 2 fully saturated rings. The third-order valence-corrected chi connectivity index (χ3v) is 9.78. The quantitative estimate of drug-likeness (QED) is 0.425. The van der Waals surface area contributed by atoms with Gasteiger partial charge in [0.25, 0.3) is 0 Å². The summed E-state index contributed by atoms with van der Waals surface area (Å²) in [7, 11) is -1.44. The average molecular weight is 486 g/mol. The Hall–Kier alpha value is -0.433. The van der Waals surface area contributed by atoms with Gasteiger partial charge in [-0.25, -0.2) is 0 Å². The molecule has 26 heavy (non-hydrogen) atoms. The van der Waals surface area contributed by atoms with Crippen LogP contribution < -0.4 is 0 Å². The molecule has 0 aliphatic heterocycles. The van der Waals surface area contributed by atoms with Crippen molar-refractivity contribution in [1.82, 2.24) is 0 Å². The maximum absolute atomic E-state index is 12.9. The van der Waals surface area contributed by atoms with Crippen molar-refractivity contribution >= 4 is 42.4 Å². The summed E-state index contributed by atoms with van der Waals surface area (Å²) >= 11 is 2.34. The van der Waals surface area contributed by atoms with E-state index >= 15 is 0 Å². The highest BCUT2D eigenvalue weighted by Gasteiger charge is 2.69. The van der Waals surface area contributed by atoms with Gasteiger partial charge < -0.3 is 5.11 Å². The molecule has 0 saturated heterocycles. The molecule has 0 amide bonds. The molecule has 144 valence electrons. The van der Waals surface area contributed by atoms with Crippen molar-refractivity contribution in [3.8, 4) is 0 Å². The summed E-state index contributed by atoms with van der Waals surface area (Å²) in [6, 6.07) is 0. The molecule has 0 radical (unpaired) electrons. The Morgan fingerprint density at radius 2 is 1.92 bits per heavy atom. The van der Waals surface area contributed by atoms with Gasteiger partial charge in [-0.05, 0) is 55.8 Å². The Bertz CT molecular complexity index is 717. The van der Waals surface area contributed by atoms with Gasteiger partial charge >= 0.3 is 5.97 Å². The fourth-order valence-electron chi connectivity index (χ4n) is 6.06. The monoisotopic (exact) mass is 486 g/mol. The lowest BCUT2D eigenvalue weighted by Gasteiger charge is -2.65. The Morgan fingerprint density at radius 1 is 1.31 bits per heavy atom. The van der Waals surface area contributed by atoms with E-state index in [1.807, 2.05) is 0 Å². The standard InChI is InChI=1S/C21H31IO3Si/c1-19(2)13-11-16(22)21(12-14(13)23)15(19)7-8-20(3,17(21)18(24)25)9-10-26(4,5)6/h9-11,13,15,17H,7-8,12H2,1-6H3,(H,24,25)/b10-9+/t13-,15+,17+,20?,21-/m1/s1. The number of ketones is 1. The minimum absolute atomic E-state index is 0.0578. The fraction of sp³-hybridized carbons (Fsp3) is 0.714. The molecule has 2 bridgehead atoms. The van der Waals surface area contributed by atoms with Gasteiger partial charge in [0.2, 0.25) is 0 Å². The zero-order valence-corrected chi connectivity index (χ0v) is 19.9. The molecule has 1 unspecified atom stereocenters. The molecule has 1 spiro atoms. The lowest BCUT2D eigenvalue weighted by Crippen LogP contribution is -2.64. The number of hydrogen-bond acceptors (Lipinski definition) is 2. The Balaban J connectivity index is 2.20. The topological polar surface area (TPSA) is 54.4 Å². The lowest BCUT2D eigenvalue weighted by atomic mass is 9.38. The average Bonchev–Trinajstić information content (AvgIpc) is 2.46. The minimum Gasteiger partial charge on any atom is -0.481 e. The molecule has 4 rings (SSSR count). The van der Waals surface area contributed by atoms with E-state index in [1.165, 1.54) is 0 Å². The predicted octanol–water partition coefficient (Wildman–Crippen LogP) is 5.47. The molecule has 0 heterocycles. The second-order valence-corrected chi connectivity index (χ2v) is 16.8. The largest absolute Gasteiger partial charge is 0.481 e. The molecule has 0 aromatic rings. The molecule has 0 aromatic heterocycles. The van der Waals surface area contributed by atoms with E-state index in [1.54, 1.807) is 0 Å². The van der Waals surface area contributed by atoms with E-state index in [0.717, 1.165) is 16.4 Å². The highest BCUT2D eigenvalue weighted by Crippen LogP contribution is 2.71. The van der Waals surface area contributed by atoms with Crippen LogP contribution in [0.4, 0.5) is 0 Å². The lowest BCUT2D eigenvalue weighted by molar-refractivity contribution is -0.175. The van der Waals surface area contributed by atoms with E-state index in [2.05, 4.69) is 80.9 Å².